The minimum atomic E-state index is -1.45. The predicted molar refractivity (Wildman–Crippen MR) is 232 cm³/mol. The number of nitrogens with two attached hydrogens (primary N) is 1. The van der Waals surface area contributed by atoms with Gasteiger partial charge in [-0.2, -0.15) is 0 Å². The second-order valence-corrected chi connectivity index (χ2v) is 18.1. The zero-order valence-corrected chi connectivity index (χ0v) is 35.6. The van der Waals surface area contributed by atoms with Gasteiger partial charge in [-0.25, -0.2) is 18.7 Å². The lowest BCUT2D eigenvalue weighted by molar-refractivity contribution is -0.114. The molecule has 2 saturated heterocycles. The van der Waals surface area contributed by atoms with Gasteiger partial charge < -0.3 is 41.2 Å². The predicted octanol–water partition coefficient (Wildman–Crippen LogP) is 5.97. The Kier molecular flexibility index (Phi) is 13.9. The fourth-order valence-corrected chi connectivity index (χ4v) is 10.1. The number of β-amino-alcohol motifs (C(OH)–C–C–N with tert-alkyl or cyclic N) is 1. The van der Waals surface area contributed by atoms with Crippen LogP contribution in [0.15, 0.2) is 94.4 Å². The Morgan fingerprint density at radius 3 is 2.16 bits per heavy atom. The van der Waals surface area contributed by atoms with Crippen molar-refractivity contribution in [1.29, 1.82) is 0 Å². The monoisotopic (exact) mass is 858 g/mol. The zero-order chi connectivity index (χ0) is 43.4. The van der Waals surface area contributed by atoms with Crippen molar-refractivity contribution in [2.75, 3.05) is 69.8 Å². The molecule has 0 spiro atoms. The summed E-state index contributed by atoms with van der Waals surface area (Å²) in [5.74, 6) is -1.48. The molecular formula is C45H54F2N7O6S. The quantitative estimate of drug-likeness (QED) is 0.0827. The minimum absolute atomic E-state index is 0.0324. The molecule has 7 N–H and O–H groups in total. The molecule has 0 aliphatic carbocycles. The van der Waals surface area contributed by atoms with Gasteiger partial charge in [-0.3, -0.25) is 14.6 Å². The van der Waals surface area contributed by atoms with Crippen LogP contribution in [0.2, 0.25) is 0 Å². The van der Waals surface area contributed by atoms with Gasteiger partial charge in [0.1, 0.15) is 29.4 Å². The van der Waals surface area contributed by atoms with E-state index in [0.29, 0.717) is 103 Å². The molecule has 16 heteroatoms. The molecule has 0 saturated carbocycles. The third kappa shape index (κ3) is 10.3. The maximum absolute atomic E-state index is 16.4. The lowest BCUT2D eigenvalue weighted by Gasteiger charge is -2.38. The van der Waals surface area contributed by atoms with Crippen LogP contribution in [0.5, 0.6) is 0 Å². The summed E-state index contributed by atoms with van der Waals surface area (Å²) in [6, 6.07) is 18.6. The molecule has 13 nitrogen and oxygen atoms in total. The highest BCUT2D eigenvalue weighted by molar-refractivity contribution is 8.28. The number of benzene rings is 2. The number of nitrogens with one attached hydrogen (secondary N) is 2. The van der Waals surface area contributed by atoms with E-state index in [1.165, 1.54) is 30.3 Å². The number of morpholine rings is 2. The van der Waals surface area contributed by atoms with Gasteiger partial charge in [-0.05, 0) is 79.9 Å². The lowest BCUT2D eigenvalue weighted by Crippen LogP contribution is -2.45. The molecule has 2 aromatic heterocycles. The smallest absolute Gasteiger partial charge is 0.251 e. The van der Waals surface area contributed by atoms with Crippen LogP contribution in [0.4, 0.5) is 26.1 Å². The number of aliphatic hydroxyl groups excluding tert-OH is 2. The summed E-state index contributed by atoms with van der Waals surface area (Å²) in [5, 5.41) is 40.3. The van der Waals surface area contributed by atoms with Crippen molar-refractivity contribution in [3.63, 3.8) is 0 Å². The number of hydrogen-bond donors (Lipinski definition) is 6. The molecule has 2 fully saturated rings. The number of carbonyl (C=O) groups is 1. The number of ether oxygens (including phenoxy) is 2. The summed E-state index contributed by atoms with van der Waals surface area (Å²) in [4.78, 5) is 28.0. The van der Waals surface area contributed by atoms with E-state index in [0.717, 1.165) is 0 Å². The van der Waals surface area contributed by atoms with Gasteiger partial charge in [0, 0.05) is 48.1 Å². The maximum atomic E-state index is 16.4. The Labute approximate surface area is 357 Å². The Hall–Kier alpha value is -4.78. The van der Waals surface area contributed by atoms with E-state index in [4.69, 9.17) is 25.2 Å². The molecule has 1 radical (unpaired) electrons. The molecule has 325 valence electrons. The van der Waals surface area contributed by atoms with Gasteiger partial charge >= 0.3 is 0 Å². The van der Waals surface area contributed by atoms with Crippen molar-refractivity contribution in [2.45, 2.75) is 56.4 Å². The van der Waals surface area contributed by atoms with E-state index < -0.39 is 52.3 Å². The second kappa shape index (κ2) is 19.1. The number of rotatable bonds is 15. The standard InChI is InChI=1S/C45H54F2N7O6S/c1-27(2)42(56)41(54-17-21-60-22-18-54)35-8-6-10-40(51-35)52-44-31(43(48)57)25-37(30-13-11-28(23-32(30)47)45(3,4)58)61(44)38-24-29(46)12-14-34(38)50-39-9-5-7-33(49-39)36(55)26-53-15-19-59-20-16-53/h5-14,23-25,27,36,41-42,55-56,58H,15-22,26H2,1-4H3,(H2,48,57)(H,49,50)(H,51,52). The van der Waals surface area contributed by atoms with Crippen molar-refractivity contribution < 1.29 is 38.4 Å². The van der Waals surface area contributed by atoms with Crippen LogP contribution in [-0.2, 0) is 19.9 Å². The van der Waals surface area contributed by atoms with Crippen molar-refractivity contribution in [3.8, 4) is 0 Å². The molecular weight excluding hydrogens is 805 g/mol. The van der Waals surface area contributed by atoms with E-state index in [9.17, 15) is 20.1 Å². The van der Waals surface area contributed by atoms with Crippen LogP contribution >= 0.6 is 10.9 Å². The van der Waals surface area contributed by atoms with Crippen LogP contribution in [0.3, 0.4) is 0 Å². The highest BCUT2D eigenvalue weighted by Gasteiger charge is 2.36. The van der Waals surface area contributed by atoms with Crippen LogP contribution in [0, 0.1) is 17.6 Å². The number of amides is 1. The molecule has 3 unspecified atom stereocenters. The second-order valence-electron chi connectivity index (χ2n) is 16.2. The summed E-state index contributed by atoms with van der Waals surface area (Å²) in [5.41, 5.74) is 6.64. The van der Waals surface area contributed by atoms with Gasteiger partial charge in [0.2, 0.25) is 0 Å². The van der Waals surface area contributed by atoms with Crippen molar-refractivity contribution in [2.24, 2.45) is 11.7 Å². The molecule has 3 atom stereocenters. The van der Waals surface area contributed by atoms with E-state index >= 15 is 8.78 Å². The third-order valence-corrected chi connectivity index (χ3v) is 13.3. The van der Waals surface area contributed by atoms with Crippen molar-refractivity contribution in [3.05, 3.63) is 124 Å². The Balaban J connectivity index is 1.31. The molecule has 5 heterocycles. The number of hydrogen-bond acceptors (Lipinski definition) is 12. The number of aliphatic hydroxyl groups is 3. The molecule has 3 aliphatic rings. The number of aromatic nitrogens is 2. The minimum Gasteiger partial charge on any atom is -0.391 e. The maximum Gasteiger partial charge on any atom is 0.251 e. The average Bonchev–Trinajstić information content (AvgIpc) is 3.60. The topological polar surface area (TPSA) is 179 Å². The SMILES string of the molecule is CC(C)C(O)C(c1cccc(NC2=C(C(N)=O)C=C(c3ccc(C(C)(C)O)cc3F)[S]2c2cc(F)ccc2Nc2cccc(C(O)CN3CCOCC3)n2)n1)N1CCOCC1. The number of halogens is 2. The third-order valence-electron chi connectivity index (χ3n) is 11.0. The largest absolute Gasteiger partial charge is 0.391 e. The van der Waals surface area contributed by atoms with E-state index in [2.05, 4.69) is 20.4 Å². The fourth-order valence-electron chi connectivity index (χ4n) is 7.62. The lowest BCUT2D eigenvalue weighted by atomic mass is 9.95. The fraction of sp³-hybridized carbons (Fsp3) is 0.400. The van der Waals surface area contributed by atoms with Crippen LogP contribution in [0.1, 0.15) is 62.4 Å². The summed E-state index contributed by atoms with van der Waals surface area (Å²) < 4.78 is 43.1. The molecule has 4 aromatic rings. The van der Waals surface area contributed by atoms with Gasteiger partial charge in [0.25, 0.3) is 5.91 Å². The van der Waals surface area contributed by atoms with E-state index in [-0.39, 0.29) is 22.1 Å². The number of nitrogens with zero attached hydrogens (tertiary/aromatic N) is 4. The first kappa shape index (κ1) is 44.3. The summed E-state index contributed by atoms with van der Waals surface area (Å²) in [6.07, 6.45) is -0.147. The summed E-state index contributed by atoms with van der Waals surface area (Å²) in [6.45, 7) is 12.1. The normalized spacial score (nSPS) is 18.6. The number of primary amides is 1. The van der Waals surface area contributed by atoms with Gasteiger partial charge in [0.05, 0.1) is 71.9 Å². The van der Waals surface area contributed by atoms with Gasteiger partial charge in [-0.1, -0.05) is 49.0 Å². The molecule has 3 aliphatic heterocycles. The highest BCUT2D eigenvalue weighted by Crippen LogP contribution is 2.62. The molecule has 7 rings (SSSR count). The first-order chi connectivity index (χ1) is 29.2. The Morgan fingerprint density at radius 1 is 0.885 bits per heavy atom. The van der Waals surface area contributed by atoms with Crippen molar-refractivity contribution in [1.82, 2.24) is 19.8 Å². The molecule has 1 amide bonds. The zero-order valence-electron chi connectivity index (χ0n) is 34.8. The van der Waals surface area contributed by atoms with Crippen LogP contribution < -0.4 is 16.4 Å². The molecule has 61 heavy (non-hydrogen) atoms. The Bertz CT molecular complexity index is 2280. The number of anilines is 3. The Morgan fingerprint density at radius 2 is 1.52 bits per heavy atom. The van der Waals surface area contributed by atoms with E-state index in [1.807, 2.05) is 19.9 Å². The van der Waals surface area contributed by atoms with Crippen molar-refractivity contribution >= 4 is 39.0 Å². The summed E-state index contributed by atoms with van der Waals surface area (Å²) >= 11 is 0. The summed E-state index contributed by atoms with van der Waals surface area (Å²) in [7, 11) is -1.45. The van der Waals surface area contributed by atoms with Gasteiger partial charge in [0.15, 0.2) is 0 Å². The number of pyridine rings is 2. The highest BCUT2D eigenvalue weighted by atomic mass is 32.2. The number of carbonyl (C=O) groups excluding carboxylic acids is 1. The van der Waals surface area contributed by atoms with Crippen LogP contribution in [-0.4, -0.2) is 106 Å². The first-order valence-electron chi connectivity index (χ1n) is 20.5. The van der Waals surface area contributed by atoms with Gasteiger partial charge in [-0.15, -0.1) is 0 Å². The average molecular weight is 859 g/mol. The van der Waals surface area contributed by atoms with E-state index in [1.54, 1.807) is 56.3 Å². The first-order valence-corrected chi connectivity index (χ1v) is 21.7. The van der Waals surface area contributed by atoms with Crippen LogP contribution in [0.25, 0.3) is 4.91 Å². The molecule has 2 aromatic carbocycles. The molecule has 0 bridgehead atoms.